The molecule has 4 aromatic carbocycles. The third-order valence-electron chi connectivity index (χ3n) is 6.63. The number of halogens is 6. The van der Waals surface area contributed by atoms with Gasteiger partial charge in [-0.3, -0.25) is 9.59 Å². The Balaban J connectivity index is 1.22. The maximum atomic E-state index is 13.1. The zero-order chi connectivity index (χ0) is 34.6. The largest absolute Gasteiger partial charge is 0.492 e. The second kappa shape index (κ2) is 17.2. The zero-order valence-electron chi connectivity index (χ0n) is 25.2. The monoisotopic (exact) mass is 708 g/mol. The number of rotatable bonds is 15. The molecule has 0 saturated heterocycles. The van der Waals surface area contributed by atoms with Crippen molar-refractivity contribution >= 4 is 33.4 Å². The van der Waals surface area contributed by atoms with E-state index in [4.69, 9.17) is 9.47 Å². The minimum absolute atomic E-state index is 0.131. The molecule has 0 unspecified atom stereocenters. The van der Waals surface area contributed by atoms with Crippen molar-refractivity contribution < 1.29 is 45.4 Å². The van der Waals surface area contributed by atoms with E-state index in [0.29, 0.717) is 32.4 Å². The van der Waals surface area contributed by atoms with Crippen LogP contribution in [0.25, 0.3) is 0 Å². The normalized spacial score (nSPS) is 11.5. The van der Waals surface area contributed by atoms with Crippen LogP contribution >= 0.6 is 21.6 Å². The lowest BCUT2D eigenvalue weighted by molar-refractivity contribution is -0.186. The highest BCUT2D eigenvalue weighted by Crippen LogP contribution is 2.38. The number of carbonyl (C=O) groups is 2. The van der Waals surface area contributed by atoms with Crippen LogP contribution in [0.15, 0.2) is 119 Å². The van der Waals surface area contributed by atoms with Crippen LogP contribution < -0.4 is 9.47 Å². The first-order valence-corrected chi connectivity index (χ1v) is 16.6. The summed E-state index contributed by atoms with van der Waals surface area (Å²) in [5.41, 5.74) is 1.14. The molecule has 0 atom stereocenters. The average Bonchev–Trinajstić information content (AvgIpc) is 3.07. The topological polar surface area (TPSA) is 59.1 Å². The number of carbonyl (C=O) groups excluding carboxylic acids is 2. The molecular formula is C34H30F6N2O4S2. The third kappa shape index (κ3) is 11.7. The Morgan fingerprint density at radius 1 is 0.521 bits per heavy atom. The molecule has 6 nitrogen and oxygen atoms in total. The predicted octanol–water partition coefficient (Wildman–Crippen LogP) is 8.43. The Morgan fingerprint density at radius 2 is 0.854 bits per heavy atom. The lowest BCUT2D eigenvalue weighted by Crippen LogP contribution is -2.42. The molecule has 0 saturated carbocycles. The van der Waals surface area contributed by atoms with Crippen molar-refractivity contribution in [2.45, 2.75) is 35.2 Å². The molecule has 48 heavy (non-hydrogen) atoms. The molecule has 0 N–H and O–H groups in total. The summed E-state index contributed by atoms with van der Waals surface area (Å²) in [5.74, 6) is -2.99. The van der Waals surface area contributed by atoms with Crippen molar-refractivity contribution in [2.24, 2.45) is 0 Å². The molecular weight excluding hydrogens is 679 g/mol. The number of ether oxygens (including phenoxy) is 2. The van der Waals surface area contributed by atoms with Crippen molar-refractivity contribution in [3.63, 3.8) is 0 Å². The molecule has 4 rings (SSSR count). The minimum Gasteiger partial charge on any atom is -0.492 e. The summed E-state index contributed by atoms with van der Waals surface area (Å²) in [6.45, 7) is -1.16. The molecule has 14 heteroatoms. The maximum absolute atomic E-state index is 13.1. The van der Waals surface area contributed by atoms with E-state index in [9.17, 15) is 35.9 Å². The molecule has 4 aromatic rings. The molecule has 0 spiro atoms. The van der Waals surface area contributed by atoms with Gasteiger partial charge in [-0.1, -0.05) is 82.3 Å². The first kappa shape index (κ1) is 36.5. The summed E-state index contributed by atoms with van der Waals surface area (Å²) < 4.78 is 89.9. The first-order valence-electron chi connectivity index (χ1n) is 14.5. The van der Waals surface area contributed by atoms with Crippen molar-refractivity contribution in [1.82, 2.24) is 9.80 Å². The predicted molar refractivity (Wildman–Crippen MR) is 171 cm³/mol. The highest BCUT2D eigenvalue weighted by molar-refractivity contribution is 8.76. The summed E-state index contributed by atoms with van der Waals surface area (Å²) in [6.07, 6.45) is -9.99. The summed E-state index contributed by atoms with van der Waals surface area (Å²) in [4.78, 5) is 27.0. The van der Waals surface area contributed by atoms with Gasteiger partial charge in [0.25, 0.3) is 0 Å². The van der Waals surface area contributed by atoms with Crippen molar-refractivity contribution in [3.05, 3.63) is 120 Å². The van der Waals surface area contributed by atoms with E-state index in [2.05, 4.69) is 0 Å². The third-order valence-corrected chi connectivity index (χ3v) is 9.05. The fourth-order valence-corrected chi connectivity index (χ4v) is 6.23. The van der Waals surface area contributed by atoms with Crippen LogP contribution in [0, 0.1) is 0 Å². The lowest BCUT2D eigenvalue weighted by atomic mass is 10.2. The molecule has 0 aliphatic carbocycles. The maximum Gasteiger partial charge on any atom is 0.471 e. The van der Waals surface area contributed by atoms with Crippen LogP contribution in [0.1, 0.15) is 11.1 Å². The molecule has 0 bridgehead atoms. The Bertz CT molecular complexity index is 1470. The van der Waals surface area contributed by atoms with E-state index >= 15 is 0 Å². The fraction of sp³-hybridized carbons (Fsp3) is 0.235. The molecule has 0 fully saturated rings. The Labute approximate surface area is 281 Å². The van der Waals surface area contributed by atoms with Gasteiger partial charge >= 0.3 is 24.2 Å². The van der Waals surface area contributed by atoms with Crippen LogP contribution in [0.4, 0.5) is 26.3 Å². The molecule has 254 valence electrons. The molecule has 0 heterocycles. The Hall–Kier alpha value is -4.30. The minimum atomic E-state index is -5.00. The van der Waals surface area contributed by atoms with Gasteiger partial charge in [-0.25, -0.2) is 0 Å². The SMILES string of the molecule is O=C(N(CCOc1ccc(SSc2ccc(OCCN(Cc3ccccc3)C(=O)C(F)(F)F)cc2)cc1)Cc1ccccc1)C(F)(F)F. The van der Waals surface area contributed by atoms with Gasteiger partial charge in [0.1, 0.15) is 24.7 Å². The second-order valence-electron chi connectivity index (χ2n) is 10.2. The van der Waals surface area contributed by atoms with Crippen molar-refractivity contribution in [3.8, 4) is 11.5 Å². The summed E-state index contributed by atoms with van der Waals surface area (Å²) >= 11 is 0. The van der Waals surface area contributed by atoms with E-state index in [1.807, 2.05) is 0 Å². The van der Waals surface area contributed by atoms with Gasteiger partial charge in [0.05, 0.1) is 13.1 Å². The molecule has 0 aliphatic rings. The van der Waals surface area contributed by atoms with Crippen LogP contribution in [0.5, 0.6) is 11.5 Å². The Morgan fingerprint density at radius 3 is 1.17 bits per heavy atom. The van der Waals surface area contributed by atoms with E-state index in [1.165, 1.54) is 21.6 Å². The zero-order valence-corrected chi connectivity index (χ0v) is 26.9. The summed E-state index contributed by atoms with van der Waals surface area (Å²) in [7, 11) is 2.89. The van der Waals surface area contributed by atoms with E-state index in [1.54, 1.807) is 109 Å². The number of hydrogen-bond donors (Lipinski definition) is 0. The molecule has 0 radical (unpaired) electrons. The van der Waals surface area contributed by atoms with Gasteiger partial charge in [0.2, 0.25) is 0 Å². The highest BCUT2D eigenvalue weighted by atomic mass is 33.1. The smallest absolute Gasteiger partial charge is 0.471 e. The number of hydrogen-bond acceptors (Lipinski definition) is 6. The summed E-state index contributed by atoms with van der Waals surface area (Å²) in [5, 5.41) is 0. The fourth-order valence-electron chi connectivity index (χ4n) is 4.30. The molecule has 0 aromatic heterocycles. The number of nitrogens with zero attached hydrogens (tertiary/aromatic N) is 2. The highest BCUT2D eigenvalue weighted by Gasteiger charge is 2.43. The number of alkyl halides is 6. The van der Waals surface area contributed by atoms with Gasteiger partial charge in [-0.05, 0) is 59.7 Å². The second-order valence-corrected chi connectivity index (χ2v) is 12.5. The summed E-state index contributed by atoms with van der Waals surface area (Å²) in [6, 6.07) is 30.7. The average molecular weight is 709 g/mol. The van der Waals surface area contributed by atoms with Crippen LogP contribution in [-0.2, 0) is 22.7 Å². The quantitative estimate of drug-likeness (QED) is 0.0914. The van der Waals surface area contributed by atoms with Crippen LogP contribution in [-0.4, -0.2) is 60.3 Å². The standard InChI is InChI=1S/C34H30F6N2O4S2/c35-33(36,37)31(43)41(23-25-7-3-1-4-8-25)19-21-45-27-11-15-29(16-12-27)47-48-30-17-13-28(14-18-30)46-22-20-42(32(44)34(38,39)40)24-26-9-5-2-6-10-26/h1-18H,19-24H2. The van der Waals surface area contributed by atoms with E-state index in [0.717, 1.165) is 9.79 Å². The van der Waals surface area contributed by atoms with Gasteiger partial charge in [-0.2, -0.15) is 26.3 Å². The molecule has 0 aliphatic heterocycles. The van der Waals surface area contributed by atoms with Crippen molar-refractivity contribution in [2.75, 3.05) is 26.3 Å². The van der Waals surface area contributed by atoms with Gasteiger partial charge in [-0.15, -0.1) is 0 Å². The van der Waals surface area contributed by atoms with E-state index in [-0.39, 0.29) is 39.4 Å². The van der Waals surface area contributed by atoms with Crippen LogP contribution in [0.3, 0.4) is 0 Å². The van der Waals surface area contributed by atoms with Crippen molar-refractivity contribution in [1.29, 1.82) is 0 Å². The molecule has 2 amide bonds. The Kier molecular flexibility index (Phi) is 13.1. The number of benzene rings is 4. The first-order chi connectivity index (χ1) is 22.9. The van der Waals surface area contributed by atoms with Gasteiger partial charge in [0, 0.05) is 22.9 Å². The lowest BCUT2D eigenvalue weighted by Gasteiger charge is -2.24. The number of amides is 2. The van der Waals surface area contributed by atoms with E-state index < -0.39 is 24.2 Å². The van der Waals surface area contributed by atoms with Gasteiger partial charge < -0.3 is 19.3 Å². The van der Waals surface area contributed by atoms with Crippen LogP contribution in [0.2, 0.25) is 0 Å². The van der Waals surface area contributed by atoms with Gasteiger partial charge in [0.15, 0.2) is 0 Å².